The minimum absolute atomic E-state index is 0.0242. The molecule has 2 aliphatic rings. The standard InChI is InChI=1S/C23H22ClN5O3S/c1-14(21(31)15-8-9-19-17(12-15)25-20(30)13-32-19)33-23-27-26-22(28-10-4-5-11-28)29(23)18-7-3-2-6-16(18)24/h2-3,6-9,12,14H,4-5,10-11,13H2,1H3,(H,25,30)/t14-/m1/s1. The van der Waals surface area contributed by atoms with Gasteiger partial charge in [0, 0.05) is 18.7 Å². The third-order valence-corrected chi connectivity index (χ3v) is 7.01. The number of halogens is 1. The number of ketones is 1. The lowest BCUT2D eigenvalue weighted by Crippen LogP contribution is -2.26. The number of hydrogen-bond donors (Lipinski definition) is 1. The summed E-state index contributed by atoms with van der Waals surface area (Å²) in [5.74, 6) is 0.965. The zero-order valence-electron chi connectivity index (χ0n) is 18.0. The molecule has 0 unspecified atom stereocenters. The zero-order chi connectivity index (χ0) is 22.9. The molecule has 0 bridgehead atoms. The molecular formula is C23H22ClN5O3S. The molecule has 2 aliphatic heterocycles. The summed E-state index contributed by atoms with van der Waals surface area (Å²) in [6.07, 6.45) is 2.21. The summed E-state index contributed by atoms with van der Waals surface area (Å²) in [5, 5.41) is 12.4. The van der Waals surface area contributed by atoms with E-state index in [1.165, 1.54) is 11.8 Å². The Balaban J connectivity index is 1.44. The van der Waals surface area contributed by atoms with Gasteiger partial charge in [0.15, 0.2) is 17.5 Å². The fraction of sp³-hybridized carbons (Fsp3) is 0.304. The molecule has 1 saturated heterocycles. The first-order valence-corrected chi connectivity index (χ1v) is 12.0. The monoisotopic (exact) mass is 483 g/mol. The molecule has 10 heteroatoms. The number of carbonyl (C=O) groups is 2. The highest BCUT2D eigenvalue weighted by Gasteiger charge is 2.27. The summed E-state index contributed by atoms with van der Waals surface area (Å²) < 4.78 is 7.32. The molecule has 170 valence electrons. The number of anilines is 2. The first kappa shape index (κ1) is 21.8. The molecule has 0 spiro atoms. The van der Waals surface area contributed by atoms with Gasteiger partial charge in [-0.25, -0.2) is 0 Å². The summed E-state index contributed by atoms with van der Waals surface area (Å²) in [7, 11) is 0. The zero-order valence-corrected chi connectivity index (χ0v) is 19.5. The van der Waals surface area contributed by atoms with Crippen molar-refractivity contribution in [2.75, 3.05) is 29.9 Å². The molecule has 3 aromatic rings. The van der Waals surface area contributed by atoms with E-state index in [9.17, 15) is 9.59 Å². The lowest BCUT2D eigenvalue weighted by Gasteiger charge is -2.20. The van der Waals surface area contributed by atoms with E-state index < -0.39 is 5.25 Å². The Bertz CT molecular complexity index is 1220. The second kappa shape index (κ2) is 9.07. The molecule has 2 aromatic carbocycles. The van der Waals surface area contributed by atoms with Crippen molar-refractivity contribution < 1.29 is 14.3 Å². The van der Waals surface area contributed by atoms with Crippen LogP contribution in [0.15, 0.2) is 47.6 Å². The molecule has 0 radical (unpaired) electrons. The fourth-order valence-corrected chi connectivity index (χ4v) is 5.14. The molecule has 1 amide bonds. The Labute approximate surface area is 200 Å². The predicted molar refractivity (Wildman–Crippen MR) is 128 cm³/mol. The second-order valence-corrected chi connectivity index (χ2v) is 9.65. The Morgan fingerprint density at radius 3 is 2.76 bits per heavy atom. The quantitative estimate of drug-likeness (QED) is 0.415. The maximum Gasteiger partial charge on any atom is 0.262 e. The van der Waals surface area contributed by atoms with Crippen molar-refractivity contribution in [2.24, 2.45) is 0 Å². The molecule has 33 heavy (non-hydrogen) atoms. The first-order valence-electron chi connectivity index (χ1n) is 10.7. The predicted octanol–water partition coefficient (Wildman–Crippen LogP) is 4.22. The van der Waals surface area contributed by atoms with Crippen molar-refractivity contribution in [3.63, 3.8) is 0 Å². The minimum Gasteiger partial charge on any atom is -0.482 e. The van der Waals surface area contributed by atoms with Crippen LogP contribution in [0.25, 0.3) is 5.69 Å². The van der Waals surface area contributed by atoms with Crippen LogP contribution in [0.5, 0.6) is 5.75 Å². The van der Waals surface area contributed by atoms with Crippen LogP contribution in [0.2, 0.25) is 5.02 Å². The van der Waals surface area contributed by atoms with Crippen molar-refractivity contribution in [1.82, 2.24) is 14.8 Å². The Hall–Kier alpha value is -3.04. The molecule has 3 heterocycles. The van der Waals surface area contributed by atoms with Gasteiger partial charge in [-0.2, -0.15) is 0 Å². The third-order valence-electron chi connectivity index (χ3n) is 5.65. The van der Waals surface area contributed by atoms with Crippen LogP contribution in [0.3, 0.4) is 0 Å². The van der Waals surface area contributed by atoms with E-state index in [1.807, 2.05) is 35.8 Å². The van der Waals surface area contributed by atoms with Crippen LogP contribution in [0.1, 0.15) is 30.1 Å². The number of rotatable bonds is 6. The summed E-state index contributed by atoms with van der Waals surface area (Å²) in [4.78, 5) is 27.1. The van der Waals surface area contributed by atoms with Gasteiger partial charge in [0.2, 0.25) is 5.95 Å². The van der Waals surface area contributed by atoms with Gasteiger partial charge >= 0.3 is 0 Å². The van der Waals surface area contributed by atoms with Crippen molar-refractivity contribution in [3.05, 3.63) is 53.1 Å². The van der Waals surface area contributed by atoms with Crippen molar-refractivity contribution in [3.8, 4) is 11.4 Å². The van der Waals surface area contributed by atoms with Gasteiger partial charge in [0.1, 0.15) is 5.75 Å². The number of fused-ring (bicyclic) bond motifs is 1. The summed E-state index contributed by atoms with van der Waals surface area (Å²) in [6, 6.07) is 12.6. The van der Waals surface area contributed by atoms with E-state index in [4.69, 9.17) is 16.3 Å². The average molecular weight is 484 g/mol. The van der Waals surface area contributed by atoms with Crippen LogP contribution in [-0.2, 0) is 4.79 Å². The number of Topliss-reactive ketones (excluding diaryl/α,β-unsaturated/α-hetero) is 1. The number of carbonyl (C=O) groups excluding carboxylic acids is 2. The molecule has 8 nitrogen and oxygen atoms in total. The van der Waals surface area contributed by atoms with Crippen LogP contribution >= 0.6 is 23.4 Å². The molecule has 0 aliphatic carbocycles. The van der Waals surface area contributed by atoms with Crippen LogP contribution in [0.4, 0.5) is 11.6 Å². The van der Waals surface area contributed by atoms with Gasteiger partial charge in [-0.3, -0.25) is 14.2 Å². The highest BCUT2D eigenvalue weighted by atomic mass is 35.5. The number of hydrogen-bond acceptors (Lipinski definition) is 7. The summed E-state index contributed by atoms with van der Waals surface area (Å²) in [5.41, 5.74) is 1.77. The third kappa shape index (κ3) is 4.30. The molecular weight excluding hydrogens is 462 g/mol. The number of nitrogens with zero attached hydrogens (tertiary/aromatic N) is 4. The number of ether oxygens (including phenoxy) is 1. The van der Waals surface area contributed by atoms with E-state index in [0.717, 1.165) is 37.6 Å². The number of amides is 1. The van der Waals surface area contributed by atoms with E-state index in [1.54, 1.807) is 18.2 Å². The Morgan fingerprint density at radius 2 is 1.97 bits per heavy atom. The van der Waals surface area contributed by atoms with E-state index in [0.29, 0.717) is 27.2 Å². The molecule has 1 atom stereocenters. The van der Waals surface area contributed by atoms with Gasteiger partial charge in [0.05, 0.1) is 21.6 Å². The average Bonchev–Trinajstić information content (AvgIpc) is 3.48. The molecule has 1 N–H and O–H groups in total. The highest BCUT2D eigenvalue weighted by molar-refractivity contribution is 8.00. The van der Waals surface area contributed by atoms with Gasteiger partial charge in [-0.05, 0) is 50.1 Å². The number of aromatic nitrogens is 3. The maximum atomic E-state index is 13.2. The van der Waals surface area contributed by atoms with Gasteiger partial charge in [-0.1, -0.05) is 35.5 Å². The fourth-order valence-electron chi connectivity index (χ4n) is 3.99. The van der Waals surface area contributed by atoms with Crippen LogP contribution in [0, 0.1) is 0 Å². The molecule has 1 aromatic heterocycles. The smallest absolute Gasteiger partial charge is 0.262 e. The minimum atomic E-state index is -0.444. The van der Waals surface area contributed by atoms with E-state index in [-0.39, 0.29) is 18.3 Å². The Morgan fingerprint density at radius 1 is 1.18 bits per heavy atom. The molecule has 5 rings (SSSR count). The lowest BCUT2D eigenvalue weighted by atomic mass is 10.1. The summed E-state index contributed by atoms with van der Waals surface area (Å²) >= 11 is 7.85. The van der Waals surface area contributed by atoms with E-state index >= 15 is 0 Å². The number of thioether (sulfide) groups is 1. The van der Waals surface area contributed by atoms with E-state index in [2.05, 4.69) is 20.4 Å². The lowest BCUT2D eigenvalue weighted by molar-refractivity contribution is -0.118. The first-order chi connectivity index (χ1) is 16.0. The second-order valence-electron chi connectivity index (χ2n) is 7.94. The topological polar surface area (TPSA) is 89.4 Å². The number of nitrogens with one attached hydrogen (secondary N) is 1. The van der Waals surface area contributed by atoms with Gasteiger partial charge in [-0.15, -0.1) is 10.2 Å². The Kier molecular flexibility index (Phi) is 5.99. The molecule has 0 saturated carbocycles. The van der Waals surface area contributed by atoms with Crippen LogP contribution in [-0.4, -0.2) is 51.4 Å². The van der Waals surface area contributed by atoms with Gasteiger partial charge in [0.25, 0.3) is 5.91 Å². The van der Waals surface area contributed by atoms with Crippen molar-refractivity contribution in [2.45, 2.75) is 30.2 Å². The van der Waals surface area contributed by atoms with Crippen molar-refractivity contribution in [1.29, 1.82) is 0 Å². The highest BCUT2D eigenvalue weighted by Crippen LogP contribution is 2.35. The molecule has 1 fully saturated rings. The largest absolute Gasteiger partial charge is 0.482 e. The van der Waals surface area contributed by atoms with Crippen molar-refractivity contribution >= 4 is 46.7 Å². The SMILES string of the molecule is C[C@@H](Sc1nnc(N2CCCC2)n1-c1ccccc1Cl)C(=O)c1ccc2c(c1)NC(=O)CO2. The normalized spacial score (nSPS) is 16.2. The van der Waals surface area contributed by atoms with Gasteiger partial charge < -0.3 is 15.0 Å². The van der Waals surface area contributed by atoms with Crippen LogP contribution < -0.4 is 15.0 Å². The number of benzene rings is 2. The summed E-state index contributed by atoms with van der Waals surface area (Å²) in [6.45, 7) is 3.63. The number of para-hydroxylation sites is 1. The maximum absolute atomic E-state index is 13.2.